The van der Waals surface area contributed by atoms with Gasteiger partial charge in [0, 0.05) is 16.7 Å². The Morgan fingerprint density at radius 2 is 1.90 bits per heavy atom. The lowest BCUT2D eigenvalue weighted by Crippen LogP contribution is -2.04. The Bertz CT molecular complexity index is 637. The minimum Gasteiger partial charge on any atom is -0.456 e. The van der Waals surface area contributed by atoms with Gasteiger partial charge in [-0.05, 0) is 47.1 Å². The van der Waals surface area contributed by atoms with Gasteiger partial charge < -0.3 is 10.5 Å². The van der Waals surface area contributed by atoms with E-state index in [0.29, 0.717) is 34.0 Å². The fourth-order valence-electron chi connectivity index (χ4n) is 1.72. The molecule has 0 atom stereocenters. The number of halogens is 4. The quantitative estimate of drug-likeness (QED) is 0.743. The van der Waals surface area contributed by atoms with Gasteiger partial charge in [0.15, 0.2) is 0 Å². The molecular weight excluding hydrogens is 368 g/mol. The average Bonchev–Trinajstić information content (AvgIpc) is 2.40. The van der Waals surface area contributed by atoms with Crippen LogP contribution in [0.15, 0.2) is 34.8 Å². The molecule has 0 bridgehead atoms. The Morgan fingerprint density at radius 1 is 1.15 bits per heavy atom. The fraction of sp³-hybridized carbons (Fsp3) is 0.143. The maximum Gasteiger partial charge on any atom is 0.145 e. The van der Waals surface area contributed by atoms with Gasteiger partial charge in [0.2, 0.25) is 0 Å². The Morgan fingerprint density at radius 3 is 2.60 bits per heavy atom. The van der Waals surface area contributed by atoms with Crippen molar-refractivity contribution in [3.63, 3.8) is 0 Å². The van der Waals surface area contributed by atoms with E-state index in [1.54, 1.807) is 18.2 Å². The molecule has 2 aromatic carbocycles. The smallest absolute Gasteiger partial charge is 0.145 e. The van der Waals surface area contributed by atoms with E-state index in [9.17, 15) is 4.39 Å². The van der Waals surface area contributed by atoms with Crippen molar-refractivity contribution in [1.82, 2.24) is 0 Å². The normalized spacial score (nSPS) is 10.7. The standard InChI is InChI=1S/C14H11BrCl2FNO/c15-9-6-11(17)12(18)7-14(9)20-13-3-1-2-10(16)8(13)4-5-19/h1-3,6-7H,4-5,19H2. The molecule has 0 unspecified atom stereocenters. The number of nitrogens with two attached hydrogens (primary N) is 1. The molecule has 106 valence electrons. The molecule has 0 aliphatic heterocycles. The third kappa shape index (κ3) is 3.44. The number of hydrogen-bond acceptors (Lipinski definition) is 2. The molecule has 2 rings (SSSR count). The molecule has 0 radical (unpaired) electrons. The molecule has 0 aliphatic carbocycles. The maximum atomic E-state index is 13.5. The summed E-state index contributed by atoms with van der Waals surface area (Å²) < 4.78 is 19.8. The van der Waals surface area contributed by atoms with E-state index in [1.165, 1.54) is 12.1 Å². The third-order valence-corrected chi connectivity index (χ3v) is 3.93. The highest BCUT2D eigenvalue weighted by atomic mass is 79.9. The molecule has 2 aromatic rings. The molecule has 2 N–H and O–H groups in total. The van der Waals surface area contributed by atoms with Crippen LogP contribution in [0.1, 0.15) is 5.56 Å². The Hall–Kier alpha value is -0.810. The Labute approximate surface area is 134 Å². The van der Waals surface area contributed by atoms with Gasteiger partial charge in [-0.2, -0.15) is 0 Å². The van der Waals surface area contributed by atoms with Crippen LogP contribution in [0.3, 0.4) is 0 Å². The first kappa shape index (κ1) is 15.6. The van der Waals surface area contributed by atoms with Crippen molar-refractivity contribution in [3.05, 3.63) is 56.2 Å². The summed E-state index contributed by atoms with van der Waals surface area (Å²) in [4.78, 5) is 0. The molecule has 0 saturated carbocycles. The Balaban J connectivity index is 2.40. The lowest BCUT2D eigenvalue weighted by Gasteiger charge is -2.13. The van der Waals surface area contributed by atoms with Crippen LogP contribution in [-0.4, -0.2) is 6.54 Å². The first-order valence-electron chi connectivity index (χ1n) is 5.82. The SMILES string of the molecule is NCCc1c(Cl)cccc1Oc1cc(F)c(Cl)cc1Br. The van der Waals surface area contributed by atoms with E-state index in [4.69, 9.17) is 33.7 Å². The summed E-state index contributed by atoms with van der Waals surface area (Å²) in [6.45, 7) is 0.441. The molecule has 2 nitrogen and oxygen atoms in total. The molecule has 0 amide bonds. The first-order valence-corrected chi connectivity index (χ1v) is 7.37. The third-order valence-electron chi connectivity index (χ3n) is 2.66. The van der Waals surface area contributed by atoms with Gasteiger partial charge in [-0.3, -0.25) is 0 Å². The maximum absolute atomic E-state index is 13.5. The van der Waals surface area contributed by atoms with E-state index in [2.05, 4.69) is 15.9 Å². The highest BCUT2D eigenvalue weighted by molar-refractivity contribution is 9.10. The topological polar surface area (TPSA) is 35.2 Å². The molecular formula is C14H11BrCl2FNO. The van der Waals surface area contributed by atoms with Crippen molar-refractivity contribution in [2.75, 3.05) is 6.54 Å². The molecule has 0 spiro atoms. The number of hydrogen-bond donors (Lipinski definition) is 1. The van der Waals surface area contributed by atoms with Gasteiger partial charge in [0.25, 0.3) is 0 Å². The monoisotopic (exact) mass is 377 g/mol. The molecule has 0 fully saturated rings. The van der Waals surface area contributed by atoms with Crippen molar-refractivity contribution in [2.45, 2.75) is 6.42 Å². The molecule has 0 heterocycles. The van der Waals surface area contributed by atoms with Crippen LogP contribution in [0.4, 0.5) is 4.39 Å². The van der Waals surface area contributed by atoms with Crippen LogP contribution in [-0.2, 0) is 6.42 Å². The van der Waals surface area contributed by atoms with Crippen LogP contribution >= 0.6 is 39.1 Å². The Kier molecular flexibility index (Phi) is 5.27. The van der Waals surface area contributed by atoms with Crippen molar-refractivity contribution in [3.8, 4) is 11.5 Å². The second-order valence-corrected chi connectivity index (χ2v) is 5.72. The summed E-state index contributed by atoms with van der Waals surface area (Å²) in [5.41, 5.74) is 6.36. The van der Waals surface area contributed by atoms with Crippen LogP contribution in [0, 0.1) is 5.82 Å². The van der Waals surface area contributed by atoms with Gasteiger partial charge >= 0.3 is 0 Å². The lowest BCUT2D eigenvalue weighted by atomic mass is 10.1. The average molecular weight is 379 g/mol. The predicted molar refractivity (Wildman–Crippen MR) is 83.4 cm³/mol. The summed E-state index contributed by atoms with van der Waals surface area (Å²) in [5.74, 6) is 0.324. The van der Waals surface area contributed by atoms with Crippen molar-refractivity contribution >= 4 is 39.1 Å². The summed E-state index contributed by atoms with van der Waals surface area (Å²) in [7, 11) is 0. The molecule has 0 saturated heterocycles. The van der Waals surface area contributed by atoms with Crippen LogP contribution in [0.2, 0.25) is 10.0 Å². The van der Waals surface area contributed by atoms with Crippen molar-refractivity contribution in [2.24, 2.45) is 5.73 Å². The zero-order chi connectivity index (χ0) is 14.7. The van der Waals surface area contributed by atoms with E-state index < -0.39 is 5.82 Å². The fourth-order valence-corrected chi connectivity index (χ4v) is 2.70. The number of rotatable bonds is 4. The van der Waals surface area contributed by atoms with Crippen molar-refractivity contribution < 1.29 is 9.13 Å². The molecule has 20 heavy (non-hydrogen) atoms. The van der Waals surface area contributed by atoms with Gasteiger partial charge in [0.05, 0.1) is 9.50 Å². The largest absolute Gasteiger partial charge is 0.456 e. The number of ether oxygens (including phenoxy) is 1. The molecule has 6 heteroatoms. The zero-order valence-corrected chi connectivity index (χ0v) is 13.4. The van der Waals surface area contributed by atoms with E-state index >= 15 is 0 Å². The van der Waals surface area contributed by atoms with Crippen molar-refractivity contribution in [1.29, 1.82) is 0 Å². The molecule has 0 aromatic heterocycles. The van der Waals surface area contributed by atoms with E-state index in [0.717, 1.165) is 5.56 Å². The second-order valence-electron chi connectivity index (χ2n) is 4.05. The first-order chi connectivity index (χ1) is 9.52. The highest BCUT2D eigenvalue weighted by Crippen LogP contribution is 2.36. The highest BCUT2D eigenvalue weighted by Gasteiger charge is 2.12. The predicted octanol–water partition coefficient (Wildman–Crippen LogP) is 5.19. The van der Waals surface area contributed by atoms with Gasteiger partial charge in [-0.1, -0.05) is 29.3 Å². The second kappa shape index (κ2) is 6.76. The van der Waals surface area contributed by atoms with Crippen LogP contribution in [0.5, 0.6) is 11.5 Å². The summed E-state index contributed by atoms with van der Waals surface area (Å²) in [6.07, 6.45) is 0.572. The summed E-state index contributed by atoms with van der Waals surface area (Å²) >= 11 is 15.1. The van der Waals surface area contributed by atoms with Crippen LogP contribution < -0.4 is 10.5 Å². The minimum absolute atomic E-state index is 0.0255. The van der Waals surface area contributed by atoms with E-state index in [1.807, 2.05) is 0 Å². The molecule has 0 aliphatic rings. The van der Waals surface area contributed by atoms with Crippen LogP contribution in [0.25, 0.3) is 0 Å². The summed E-state index contributed by atoms with van der Waals surface area (Å²) in [5, 5.41) is 0.594. The number of benzene rings is 2. The van der Waals surface area contributed by atoms with Gasteiger partial charge in [-0.15, -0.1) is 0 Å². The summed E-state index contributed by atoms with van der Waals surface area (Å²) in [6, 6.07) is 7.95. The lowest BCUT2D eigenvalue weighted by molar-refractivity contribution is 0.468. The minimum atomic E-state index is -0.549. The van der Waals surface area contributed by atoms with Gasteiger partial charge in [-0.25, -0.2) is 4.39 Å². The zero-order valence-electron chi connectivity index (χ0n) is 10.3. The van der Waals surface area contributed by atoms with Gasteiger partial charge in [0.1, 0.15) is 17.3 Å². The van der Waals surface area contributed by atoms with E-state index in [-0.39, 0.29) is 5.02 Å².